The van der Waals surface area contributed by atoms with Crippen molar-refractivity contribution in [1.29, 1.82) is 0 Å². The lowest BCUT2D eigenvalue weighted by molar-refractivity contribution is 0.0717. The zero-order valence-electron chi connectivity index (χ0n) is 13.8. The molecule has 1 aromatic heterocycles. The predicted octanol–water partition coefficient (Wildman–Crippen LogP) is 1.53. The topological polar surface area (TPSA) is 35.5 Å². The van der Waals surface area contributed by atoms with Crippen LogP contribution < -0.4 is 4.90 Å². The van der Waals surface area contributed by atoms with Crippen molar-refractivity contribution in [2.45, 2.75) is 50.7 Å². The molecule has 3 fully saturated rings. The molecule has 22 heavy (non-hydrogen) atoms. The highest BCUT2D eigenvalue weighted by molar-refractivity contribution is 5.30. The molecular weight excluding hydrogens is 274 g/mol. The number of piperazine rings is 1. The Morgan fingerprint density at radius 3 is 2.09 bits per heavy atom. The molecular formula is C17H27N5. The molecule has 2 bridgehead atoms. The van der Waals surface area contributed by atoms with Gasteiger partial charge in [0.15, 0.2) is 0 Å². The number of rotatable bonds is 2. The Hall–Kier alpha value is -1.20. The van der Waals surface area contributed by atoms with Crippen LogP contribution in [0.15, 0.2) is 12.4 Å². The van der Waals surface area contributed by atoms with E-state index in [2.05, 4.69) is 31.7 Å². The molecule has 2 atom stereocenters. The van der Waals surface area contributed by atoms with Gasteiger partial charge in [-0.2, -0.15) is 0 Å². The molecule has 3 aliphatic heterocycles. The summed E-state index contributed by atoms with van der Waals surface area (Å²) in [7, 11) is 2.32. The van der Waals surface area contributed by atoms with Gasteiger partial charge in [0.2, 0.25) is 5.95 Å². The van der Waals surface area contributed by atoms with Crippen LogP contribution in [0.4, 0.5) is 5.95 Å². The lowest BCUT2D eigenvalue weighted by Gasteiger charge is -2.45. The Kier molecular flexibility index (Phi) is 3.78. The number of hydrogen-bond donors (Lipinski definition) is 0. The molecule has 5 heteroatoms. The summed E-state index contributed by atoms with van der Waals surface area (Å²) in [5, 5.41) is 0. The first-order chi connectivity index (χ1) is 10.7. The van der Waals surface area contributed by atoms with Crippen molar-refractivity contribution >= 4 is 5.95 Å². The molecule has 0 N–H and O–H groups in total. The third-order valence-electron chi connectivity index (χ3n) is 5.95. The minimum absolute atomic E-state index is 0.801. The number of fused-ring (bicyclic) bond motifs is 2. The van der Waals surface area contributed by atoms with Crippen molar-refractivity contribution < 1.29 is 0 Å². The van der Waals surface area contributed by atoms with Gasteiger partial charge in [0, 0.05) is 56.7 Å². The molecule has 0 spiro atoms. The van der Waals surface area contributed by atoms with Crippen LogP contribution in [0.3, 0.4) is 0 Å². The van der Waals surface area contributed by atoms with Crippen LogP contribution in [0.2, 0.25) is 0 Å². The smallest absolute Gasteiger partial charge is 0.225 e. The highest BCUT2D eigenvalue weighted by Crippen LogP contribution is 2.36. The maximum absolute atomic E-state index is 4.47. The van der Waals surface area contributed by atoms with Gasteiger partial charge in [0.1, 0.15) is 0 Å². The summed E-state index contributed by atoms with van der Waals surface area (Å²) < 4.78 is 0. The Labute approximate surface area is 133 Å². The minimum atomic E-state index is 0.801. The highest BCUT2D eigenvalue weighted by atomic mass is 15.3. The lowest BCUT2D eigenvalue weighted by atomic mass is 9.96. The average Bonchev–Trinajstić information content (AvgIpc) is 2.77. The Morgan fingerprint density at radius 2 is 1.50 bits per heavy atom. The quantitative estimate of drug-likeness (QED) is 0.828. The fourth-order valence-corrected chi connectivity index (χ4v) is 4.52. The third kappa shape index (κ3) is 2.61. The predicted molar refractivity (Wildman–Crippen MR) is 88.2 cm³/mol. The van der Waals surface area contributed by atoms with Gasteiger partial charge < -0.3 is 9.80 Å². The summed E-state index contributed by atoms with van der Waals surface area (Å²) in [6, 6.07) is 2.47. The largest absolute Gasteiger partial charge is 0.338 e. The van der Waals surface area contributed by atoms with Gasteiger partial charge in [0.05, 0.1) is 0 Å². The fraction of sp³-hybridized carbons (Fsp3) is 0.765. The van der Waals surface area contributed by atoms with E-state index >= 15 is 0 Å². The number of aryl methyl sites for hydroxylation is 1. The molecule has 0 saturated carbocycles. The van der Waals surface area contributed by atoms with Crippen LogP contribution >= 0.6 is 0 Å². The van der Waals surface area contributed by atoms with Crippen molar-refractivity contribution in [3.8, 4) is 0 Å². The van der Waals surface area contributed by atoms with Crippen LogP contribution in [-0.2, 0) is 0 Å². The molecule has 4 rings (SSSR count). The zero-order chi connectivity index (χ0) is 15.1. The summed E-state index contributed by atoms with van der Waals surface area (Å²) in [5.41, 5.74) is 1.13. The zero-order valence-corrected chi connectivity index (χ0v) is 13.8. The van der Waals surface area contributed by atoms with E-state index in [1.807, 2.05) is 19.3 Å². The van der Waals surface area contributed by atoms with Crippen LogP contribution in [0.25, 0.3) is 0 Å². The summed E-state index contributed by atoms with van der Waals surface area (Å²) in [6.07, 6.45) is 9.40. The van der Waals surface area contributed by atoms with Gasteiger partial charge in [-0.3, -0.25) is 4.90 Å². The standard InChI is InChI=1S/C17H27N5/c1-13-11-18-17(19-12-13)22-7-5-21(6-8-22)16-9-14-3-4-15(10-16)20(14)2/h11-12,14-16H,3-10H2,1-2H3. The summed E-state index contributed by atoms with van der Waals surface area (Å²) in [5.74, 6) is 0.897. The second-order valence-corrected chi connectivity index (χ2v) is 7.26. The number of hydrogen-bond acceptors (Lipinski definition) is 5. The fourth-order valence-electron chi connectivity index (χ4n) is 4.52. The Balaban J connectivity index is 1.35. The maximum atomic E-state index is 4.47. The van der Waals surface area contributed by atoms with Crippen molar-refractivity contribution in [1.82, 2.24) is 19.8 Å². The van der Waals surface area contributed by atoms with Crippen molar-refractivity contribution in [2.24, 2.45) is 0 Å². The van der Waals surface area contributed by atoms with Crippen molar-refractivity contribution in [2.75, 3.05) is 38.1 Å². The molecule has 0 radical (unpaired) electrons. The number of anilines is 1. The molecule has 0 amide bonds. The van der Waals surface area contributed by atoms with Gasteiger partial charge in [0.25, 0.3) is 0 Å². The second-order valence-electron chi connectivity index (χ2n) is 7.26. The Bertz CT molecular complexity index is 494. The summed E-state index contributed by atoms with van der Waals surface area (Å²) in [6.45, 7) is 6.47. The normalized spacial score (nSPS) is 33.4. The monoisotopic (exact) mass is 301 g/mol. The van der Waals surface area contributed by atoms with Gasteiger partial charge >= 0.3 is 0 Å². The van der Waals surface area contributed by atoms with Crippen LogP contribution in [0.1, 0.15) is 31.2 Å². The van der Waals surface area contributed by atoms with E-state index in [1.165, 1.54) is 25.7 Å². The van der Waals surface area contributed by atoms with E-state index in [9.17, 15) is 0 Å². The van der Waals surface area contributed by atoms with Crippen LogP contribution in [0.5, 0.6) is 0 Å². The highest BCUT2D eigenvalue weighted by Gasteiger charge is 2.40. The molecule has 2 unspecified atom stereocenters. The van der Waals surface area contributed by atoms with Crippen molar-refractivity contribution in [3.05, 3.63) is 18.0 Å². The first-order valence-corrected chi connectivity index (χ1v) is 8.70. The van der Waals surface area contributed by atoms with E-state index in [0.29, 0.717) is 0 Å². The minimum Gasteiger partial charge on any atom is -0.338 e. The molecule has 120 valence electrons. The van der Waals surface area contributed by atoms with Crippen molar-refractivity contribution in [3.63, 3.8) is 0 Å². The SMILES string of the molecule is Cc1cnc(N2CCN(C3CC4CCC(C3)N4C)CC2)nc1. The van der Waals surface area contributed by atoms with E-state index in [0.717, 1.165) is 55.8 Å². The van der Waals surface area contributed by atoms with E-state index in [-0.39, 0.29) is 0 Å². The van der Waals surface area contributed by atoms with Crippen LogP contribution in [0, 0.1) is 6.92 Å². The molecule has 3 aliphatic rings. The third-order valence-corrected chi connectivity index (χ3v) is 5.95. The van der Waals surface area contributed by atoms with Gasteiger partial charge in [-0.05, 0) is 45.2 Å². The molecule has 5 nitrogen and oxygen atoms in total. The van der Waals surface area contributed by atoms with Gasteiger partial charge in [-0.1, -0.05) is 0 Å². The summed E-state index contributed by atoms with van der Waals surface area (Å²) >= 11 is 0. The molecule has 1 aromatic rings. The second kappa shape index (κ2) is 5.78. The first-order valence-electron chi connectivity index (χ1n) is 8.70. The molecule has 4 heterocycles. The molecule has 0 aromatic carbocycles. The number of nitrogens with zero attached hydrogens (tertiary/aromatic N) is 5. The van der Waals surface area contributed by atoms with E-state index in [4.69, 9.17) is 0 Å². The van der Waals surface area contributed by atoms with Gasteiger partial charge in [-0.25, -0.2) is 9.97 Å². The van der Waals surface area contributed by atoms with Crippen LogP contribution in [-0.4, -0.2) is 71.1 Å². The molecule has 0 aliphatic carbocycles. The number of aromatic nitrogens is 2. The van der Waals surface area contributed by atoms with E-state index < -0.39 is 0 Å². The van der Waals surface area contributed by atoms with E-state index in [1.54, 1.807) is 0 Å². The number of piperidine rings is 1. The lowest BCUT2D eigenvalue weighted by Crippen LogP contribution is -2.55. The first kappa shape index (κ1) is 14.4. The maximum Gasteiger partial charge on any atom is 0.225 e. The molecule has 3 saturated heterocycles. The Morgan fingerprint density at radius 1 is 0.909 bits per heavy atom. The van der Waals surface area contributed by atoms with Gasteiger partial charge in [-0.15, -0.1) is 0 Å². The average molecular weight is 301 g/mol. The summed E-state index contributed by atoms with van der Waals surface area (Å²) in [4.78, 5) is 16.6.